The summed E-state index contributed by atoms with van der Waals surface area (Å²) in [6.07, 6.45) is 6.77. The molecule has 0 spiro atoms. The summed E-state index contributed by atoms with van der Waals surface area (Å²) in [7, 11) is 0. The van der Waals surface area contributed by atoms with Crippen molar-refractivity contribution in [2.24, 2.45) is 0 Å². The average Bonchev–Trinajstić information content (AvgIpc) is 2.26. The summed E-state index contributed by atoms with van der Waals surface area (Å²) in [5.41, 5.74) is 1.29. The van der Waals surface area contributed by atoms with E-state index in [-0.39, 0.29) is 0 Å². The zero-order valence-electron chi connectivity index (χ0n) is 8.54. The maximum atomic E-state index is 6.03. The van der Waals surface area contributed by atoms with Gasteiger partial charge in [0.2, 0.25) is 0 Å². The molecule has 0 saturated carbocycles. The Morgan fingerprint density at radius 3 is 3.00 bits per heavy atom. The molecule has 0 nitrogen and oxygen atoms in total. The van der Waals surface area contributed by atoms with Crippen LogP contribution in [0.5, 0.6) is 0 Å². The molecule has 3 heteroatoms. The molecule has 1 aliphatic heterocycles. The fourth-order valence-corrected chi connectivity index (χ4v) is 3.05. The molecule has 1 aliphatic rings. The van der Waals surface area contributed by atoms with E-state index in [0.29, 0.717) is 0 Å². The Bertz CT molecular complexity index is 489. The molecule has 16 heavy (non-hydrogen) atoms. The Kier molecular flexibility index (Phi) is 3.95. The lowest BCUT2D eigenvalue weighted by Crippen LogP contribution is -1.85. The fraction of sp³-hybridized carbons (Fsp3) is 0.0769. The lowest BCUT2D eigenvalue weighted by molar-refractivity contribution is 1.17. The first-order valence-electron chi connectivity index (χ1n) is 4.84. The number of thioether (sulfide) groups is 1. The van der Waals surface area contributed by atoms with Crippen LogP contribution >= 0.6 is 39.3 Å². The Morgan fingerprint density at radius 1 is 1.38 bits per heavy atom. The smallest absolute Gasteiger partial charge is 0.0413 e. The van der Waals surface area contributed by atoms with Crippen LogP contribution in [0.25, 0.3) is 0 Å². The molecule has 82 valence electrons. The molecule has 1 aromatic carbocycles. The fourth-order valence-electron chi connectivity index (χ4n) is 1.48. The Hall–Kier alpha value is -0.440. The van der Waals surface area contributed by atoms with Gasteiger partial charge in [0.1, 0.15) is 0 Å². The highest BCUT2D eigenvalue weighted by Crippen LogP contribution is 2.33. The zero-order valence-corrected chi connectivity index (χ0v) is 11.7. The van der Waals surface area contributed by atoms with Crippen LogP contribution < -0.4 is 0 Å². The molecule has 1 heterocycles. The van der Waals surface area contributed by atoms with Crippen LogP contribution in [0.15, 0.2) is 62.3 Å². The van der Waals surface area contributed by atoms with Crippen molar-refractivity contribution in [3.8, 4) is 0 Å². The number of hydrogen-bond acceptors (Lipinski definition) is 1. The highest BCUT2D eigenvalue weighted by atomic mass is 79.9. The number of fused-ring (bicyclic) bond motifs is 1. The lowest BCUT2D eigenvalue weighted by atomic mass is 10.1. The molecule has 0 radical (unpaired) electrons. The second kappa shape index (κ2) is 5.26. The predicted octanol–water partition coefficient (Wildman–Crippen LogP) is 5.29. The number of benzene rings is 1. The van der Waals surface area contributed by atoms with Gasteiger partial charge in [0, 0.05) is 19.3 Å². The molecule has 2 rings (SSSR count). The normalized spacial score (nSPS) is 21.1. The van der Waals surface area contributed by atoms with Crippen LogP contribution in [0.2, 0.25) is 0 Å². The molecule has 0 bridgehead atoms. The Labute approximate surface area is 113 Å². The molecular formula is C13H10BrClS. The van der Waals surface area contributed by atoms with E-state index in [4.69, 9.17) is 11.6 Å². The predicted molar refractivity (Wildman–Crippen MR) is 75.9 cm³/mol. The monoisotopic (exact) mass is 312 g/mol. The molecule has 1 aromatic rings. The van der Waals surface area contributed by atoms with Crippen LogP contribution in [-0.4, -0.2) is 0 Å². The second-order valence-electron chi connectivity index (χ2n) is 3.46. The summed E-state index contributed by atoms with van der Waals surface area (Å²) in [6, 6.07) is 6.29. The molecular weight excluding hydrogens is 304 g/mol. The van der Waals surface area contributed by atoms with Crippen molar-refractivity contribution in [3.05, 3.63) is 63.0 Å². The quantitative estimate of drug-likeness (QED) is 0.627. The van der Waals surface area contributed by atoms with Crippen molar-refractivity contribution >= 4 is 39.3 Å². The molecule has 0 fully saturated rings. The van der Waals surface area contributed by atoms with E-state index in [1.165, 1.54) is 10.5 Å². The lowest BCUT2D eigenvalue weighted by Gasteiger charge is -2.07. The molecule has 0 atom stereocenters. The minimum absolute atomic E-state index is 0.726. The van der Waals surface area contributed by atoms with Crippen LogP contribution in [0, 0.1) is 0 Å². The third-order valence-electron chi connectivity index (χ3n) is 2.18. The van der Waals surface area contributed by atoms with E-state index in [0.717, 1.165) is 20.8 Å². The standard InChI is InChI=1S/C13H10BrClS/c1-9-7-12(15)4-2-3-10-8-11(14)5-6-13(10)16-9/h2,4-8H,1,3H2/b4-2-,12-7+. The largest absolute Gasteiger partial charge is 0.0904 e. The van der Waals surface area contributed by atoms with E-state index in [1.807, 2.05) is 18.2 Å². The Balaban J connectivity index is 2.43. The molecule has 0 N–H and O–H groups in total. The van der Waals surface area contributed by atoms with Gasteiger partial charge in [-0.05, 0) is 42.3 Å². The summed E-state index contributed by atoms with van der Waals surface area (Å²) in [6.45, 7) is 3.99. The highest BCUT2D eigenvalue weighted by Gasteiger charge is 2.06. The second-order valence-corrected chi connectivity index (χ2v) is 5.98. The van der Waals surface area contributed by atoms with Gasteiger partial charge < -0.3 is 0 Å². The van der Waals surface area contributed by atoms with E-state index < -0.39 is 0 Å². The summed E-state index contributed by atoms with van der Waals surface area (Å²) in [5, 5.41) is 0.726. The highest BCUT2D eigenvalue weighted by molar-refractivity contribution is 9.10. The topological polar surface area (TPSA) is 0 Å². The molecule has 0 unspecified atom stereocenters. The Morgan fingerprint density at radius 2 is 2.19 bits per heavy atom. The van der Waals surface area contributed by atoms with Crippen LogP contribution in [0.1, 0.15) is 5.56 Å². The summed E-state index contributed by atoms with van der Waals surface area (Å²) in [4.78, 5) is 2.19. The zero-order chi connectivity index (χ0) is 11.5. The van der Waals surface area contributed by atoms with Gasteiger partial charge in [-0.2, -0.15) is 0 Å². The van der Waals surface area contributed by atoms with Gasteiger partial charge in [0.25, 0.3) is 0 Å². The number of halogens is 2. The van der Waals surface area contributed by atoms with Crippen molar-refractivity contribution < 1.29 is 0 Å². The van der Waals surface area contributed by atoms with Crippen LogP contribution in [-0.2, 0) is 6.42 Å². The third kappa shape index (κ3) is 3.03. The molecule has 0 amide bonds. The van der Waals surface area contributed by atoms with Crippen LogP contribution in [0.3, 0.4) is 0 Å². The van der Waals surface area contributed by atoms with Gasteiger partial charge in [-0.25, -0.2) is 0 Å². The van der Waals surface area contributed by atoms with Crippen molar-refractivity contribution in [2.75, 3.05) is 0 Å². The van der Waals surface area contributed by atoms with Gasteiger partial charge in [-0.1, -0.05) is 51.9 Å². The van der Waals surface area contributed by atoms with Crippen molar-refractivity contribution in [2.45, 2.75) is 11.3 Å². The maximum Gasteiger partial charge on any atom is 0.0413 e. The maximum absolute atomic E-state index is 6.03. The van der Waals surface area contributed by atoms with Crippen molar-refractivity contribution in [1.29, 1.82) is 0 Å². The summed E-state index contributed by atoms with van der Waals surface area (Å²) in [5.74, 6) is 0. The van der Waals surface area contributed by atoms with E-state index >= 15 is 0 Å². The third-order valence-corrected chi connectivity index (χ3v) is 3.90. The van der Waals surface area contributed by atoms with Gasteiger partial charge in [-0.15, -0.1) is 0 Å². The SMILES string of the molecule is C=C1/C=C(Cl)\C=C/Cc2cc(Br)ccc2S1. The first-order valence-corrected chi connectivity index (χ1v) is 6.83. The average molecular weight is 314 g/mol. The van der Waals surface area contributed by atoms with E-state index in [1.54, 1.807) is 11.8 Å². The minimum Gasteiger partial charge on any atom is -0.0904 e. The molecule has 0 saturated heterocycles. The molecule has 0 aromatic heterocycles. The first-order chi connectivity index (χ1) is 7.65. The van der Waals surface area contributed by atoms with Gasteiger partial charge in [0.15, 0.2) is 0 Å². The van der Waals surface area contributed by atoms with Crippen molar-refractivity contribution in [3.63, 3.8) is 0 Å². The first kappa shape index (κ1) is 12.0. The van der Waals surface area contributed by atoms with Gasteiger partial charge in [-0.3, -0.25) is 0 Å². The van der Waals surface area contributed by atoms with Gasteiger partial charge in [0.05, 0.1) is 0 Å². The minimum atomic E-state index is 0.726. The summed E-state index contributed by atoms with van der Waals surface area (Å²) >= 11 is 11.2. The van der Waals surface area contributed by atoms with E-state index in [9.17, 15) is 0 Å². The van der Waals surface area contributed by atoms with E-state index in [2.05, 4.69) is 40.7 Å². The molecule has 0 aliphatic carbocycles. The van der Waals surface area contributed by atoms with Crippen LogP contribution in [0.4, 0.5) is 0 Å². The number of allylic oxidation sites excluding steroid dienone is 4. The number of hydrogen-bond donors (Lipinski definition) is 0. The van der Waals surface area contributed by atoms with Crippen molar-refractivity contribution in [1.82, 2.24) is 0 Å². The summed E-state index contributed by atoms with van der Waals surface area (Å²) < 4.78 is 1.10. The van der Waals surface area contributed by atoms with Gasteiger partial charge >= 0.3 is 0 Å². The number of rotatable bonds is 0.